The highest BCUT2D eigenvalue weighted by Gasteiger charge is 2.29. The van der Waals surface area contributed by atoms with Crippen molar-refractivity contribution in [3.63, 3.8) is 0 Å². The summed E-state index contributed by atoms with van der Waals surface area (Å²) in [6, 6.07) is 19.2. The molecule has 30 heavy (non-hydrogen) atoms. The third kappa shape index (κ3) is 3.59. The van der Waals surface area contributed by atoms with Crippen molar-refractivity contribution in [2.75, 3.05) is 31.1 Å². The summed E-state index contributed by atoms with van der Waals surface area (Å²) >= 11 is 0. The Morgan fingerprint density at radius 1 is 0.767 bits per heavy atom. The molecule has 2 aromatic carbocycles. The molecule has 6 nitrogen and oxygen atoms in total. The van der Waals surface area contributed by atoms with Gasteiger partial charge >= 0.3 is 0 Å². The summed E-state index contributed by atoms with van der Waals surface area (Å²) in [7, 11) is -3.51. The molecular formula is C23H24N4O2S. The van der Waals surface area contributed by atoms with Gasteiger partial charge in [0, 0.05) is 26.2 Å². The molecule has 0 atom stereocenters. The summed E-state index contributed by atoms with van der Waals surface area (Å²) in [5.41, 5.74) is 4.48. The van der Waals surface area contributed by atoms with Gasteiger partial charge in [0.25, 0.3) is 0 Å². The molecule has 1 aliphatic heterocycles. The van der Waals surface area contributed by atoms with Gasteiger partial charge < -0.3 is 4.90 Å². The van der Waals surface area contributed by atoms with Gasteiger partial charge in [-0.3, -0.25) is 0 Å². The van der Waals surface area contributed by atoms with Crippen molar-refractivity contribution >= 4 is 15.8 Å². The number of aromatic nitrogens is 2. The second kappa shape index (κ2) is 7.81. The van der Waals surface area contributed by atoms with E-state index in [1.165, 1.54) is 5.56 Å². The number of nitrogens with zero attached hydrogens (tertiary/aromatic N) is 4. The van der Waals surface area contributed by atoms with Crippen LogP contribution in [0.25, 0.3) is 11.1 Å². The molecule has 0 saturated carbocycles. The van der Waals surface area contributed by atoms with Crippen LogP contribution in [-0.2, 0) is 22.9 Å². The lowest BCUT2D eigenvalue weighted by Crippen LogP contribution is -2.49. The van der Waals surface area contributed by atoms with Crippen molar-refractivity contribution in [2.24, 2.45) is 0 Å². The molecule has 2 heterocycles. The van der Waals surface area contributed by atoms with E-state index < -0.39 is 10.0 Å². The van der Waals surface area contributed by atoms with Gasteiger partial charge in [-0.1, -0.05) is 42.5 Å². The first kappa shape index (κ1) is 19.2. The van der Waals surface area contributed by atoms with E-state index in [4.69, 9.17) is 0 Å². The minimum absolute atomic E-state index is 0.341. The molecule has 154 valence electrons. The molecule has 0 unspecified atom stereocenters. The van der Waals surface area contributed by atoms with E-state index in [0.717, 1.165) is 41.9 Å². The zero-order valence-electron chi connectivity index (χ0n) is 16.7. The Hall–Kier alpha value is -2.77. The maximum atomic E-state index is 13.1. The van der Waals surface area contributed by atoms with Crippen LogP contribution in [0.3, 0.4) is 0 Å². The van der Waals surface area contributed by atoms with Crippen molar-refractivity contribution < 1.29 is 8.42 Å². The number of anilines is 1. The fourth-order valence-electron chi connectivity index (χ4n) is 4.23. The number of sulfonamides is 1. The van der Waals surface area contributed by atoms with Gasteiger partial charge in [0.2, 0.25) is 10.0 Å². The van der Waals surface area contributed by atoms with Crippen LogP contribution in [0.2, 0.25) is 0 Å². The number of hydrogen-bond acceptors (Lipinski definition) is 5. The SMILES string of the molecule is O=S(=O)(c1ccc(-c2ccccc2)cc1)N1CCN(c2cc3c(nn2)CCC3)CC1. The lowest BCUT2D eigenvalue weighted by Gasteiger charge is -2.34. The smallest absolute Gasteiger partial charge is 0.243 e. The molecule has 1 saturated heterocycles. The average Bonchev–Trinajstić information content (AvgIpc) is 3.28. The molecule has 0 spiro atoms. The van der Waals surface area contributed by atoms with Crippen molar-refractivity contribution in [1.29, 1.82) is 0 Å². The van der Waals surface area contributed by atoms with Gasteiger partial charge in [-0.2, -0.15) is 9.40 Å². The van der Waals surface area contributed by atoms with Gasteiger partial charge in [0.1, 0.15) is 0 Å². The first-order chi connectivity index (χ1) is 14.6. The fourth-order valence-corrected chi connectivity index (χ4v) is 5.65. The highest BCUT2D eigenvalue weighted by molar-refractivity contribution is 7.89. The van der Waals surface area contributed by atoms with Gasteiger partial charge in [-0.25, -0.2) is 8.42 Å². The number of rotatable bonds is 4. The van der Waals surface area contributed by atoms with E-state index in [9.17, 15) is 8.42 Å². The second-order valence-electron chi connectivity index (χ2n) is 7.81. The number of hydrogen-bond donors (Lipinski definition) is 0. The lowest BCUT2D eigenvalue weighted by atomic mass is 10.1. The van der Waals surface area contributed by atoms with Crippen LogP contribution in [0, 0.1) is 0 Å². The summed E-state index contributed by atoms with van der Waals surface area (Å²) in [6.45, 7) is 2.13. The van der Waals surface area contributed by atoms with Gasteiger partial charge in [0.05, 0.1) is 10.6 Å². The van der Waals surface area contributed by atoms with E-state index >= 15 is 0 Å². The first-order valence-electron chi connectivity index (χ1n) is 10.4. The summed E-state index contributed by atoms with van der Waals surface area (Å²) in [5.74, 6) is 0.861. The molecule has 7 heteroatoms. The number of piperazine rings is 1. The van der Waals surface area contributed by atoms with Gasteiger partial charge in [-0.15, -0.1) is 5.10 Å². The van der Waals surface area contributed by atoms with Gasteiger partial charge in [-0.05, 0) is 54.2 Å². The zero-order chi connectivity index (χ0) is 20.6. The van der Waals surface area contributed by atoms with E-state index in [1.807, 2.05) is 42.5 Å². The minimum atomic E-state index is -3.51. The van der Waals surface area contributed by atoms with E-state index in [2.05, 4.69) is 21.2 Å². The fraction of sp³-hybridized carbons (Fsp3) is 0.304. The Kier molecular flexibility index (Phi) is 5.00. The molecule has 0 amide bonds. The number of benzene rings is 2. The van der Waals surface area contributed by atoms with Crippen molar-refractivity contribution in [3.8, 4) is 11.1 Å². The molecule has 5 rings (SSSR count). The van der Waals surface area contributed by atoms with Crippen LogP contribution in [0.5, 0.6) is 0 Å². The van der Waals surface area contributed by atoms with Crippen LogP contribution >= 0.6 is 0 Å². The topological polar surface area (TPSA) is 66.4 Å². The Bertz CT molecular complexity index is 1140. The molecule has 3 aromatic rings. The quantitative estimate of drug-likeness (QED) is 0.649. The van der Waals surface area contributed by atoms with Crippen molar-refractivity contribution in [1.82, 2.24) is 14.5 Å². The summed E-state index contributed by atoms with van der Waals surface area (Å²) in [4.78, 5) is 2.48. The summed E-state index contributed by atoms with van der Waals surface area (Å²) in [6.07, 6.45) is 3.21. The number of aryl methyl sites for hydroxylation is 2. The van der Waals surface area contributed by atoms with Crippen LogP contribution in [0.15, 0.2) is 65.6 Å². The summed E-state index contributed by atoms with van der Waals surface area (Å²) < 4.78 is 27.8. The highest BCUT2D eigenvalue weighted by atomic mass is 32.2. The Balaban J connectivity index is 1.28. The van der Waals surface area contributed by atoms with Crippen LogP contribution < -0.4 is 4.90 Å². The maximum absolute atomic E-state index is 13.1. The second-order valence-corrected chi connectivity index (χ2v) is 9.75. The Morgan fingerprint density at radius 2 is 1.47 bits per heavy atom. The van der Waals surface area contributed by atoms with E-state index in [0.29, 0.717) is 31.1 Å². The van der Waals surface area contributed by atoms with Crippen LogP contribution in [-0.4, -0.2) is 49.1 Å². The zero-order valence-corrected chi connectivity index (χ0v) is 17.6. The molecular weight excluding hydrogens is 396 g/mol. The van der Waals surface area contributed by atoms with Crippen LogP contribution in [0.1, 0.15) is 17.7 Å². The molecule has 0 bridgehead atoms. The average molecular weight is 421 g/mol. The molecule has 0 radical (unpaired) electrons. The molecule has 2 aliphatic rings. The monoisotopic (exact) mass is 420 g/mol. The molecule has 0 N–H and O–H groups in total. The Morgan fingerprint density at radius 3 is 2.20 bits per heavy atom. The predicted octanol–water partition coefficient (Wildman–Crippen LogP) is 3.14. The first-order valence-corrected chi connectivity index (χ1v) is 11.8. The highest BCUT2D eigenvalue weighted by Crippen LogP contribution is 2.26. The molecule has 1 aromatic heterocycles. The lowest BCUT2D eigenvalue weighted by molar-refractivity contribution is 0.383. The third-order valence-electron chi connectivity index (χ3n) is 5.97. The van der Waals surface area contributed by atoms with Crippen molar-refractivity contribution in [3.05, 3.63) is 71.9 Å². The largest absolute Gasteiger partial charge is 0.352 e. The maximum Gasteiger partial charge on any atom is 0.243 e. The van der Waals surface area contributed by atoms with E-state index in [1.54, 1.807) is 16.4 Å². The van der Waals surface area contributed by atoms with Gasteiger partial charge in [0.15, 0.2) is 5.82 Å². The minimum Gasteiger partial charge on any atom is -0.352 e. The molecule has 1 aliphatic carbocycles. The normalized spacial score (nSPS) is 17.1. The van der Waals surface area contributed by atoms with Crippen molar-refractivity contribution in [2.45, 2.75) is 24.2 Å². The number of fused-ring (bicyclic) bond motifs is 1. The van der Waals surface area contributed by atoms with Crippen LogP contribution in [0.4, 0.5) is 5.82 Å². The molecule has 1 fully saturated rings. The Labute approximate surface area is 177 Å². The summed E-state index contributed by atoms with van der Waals surface area (Å²) in [5, 5.41) is 8.73. The third-order valence-corrected chi connectivity index (χ3v) is 7.88. The van der Waals surface area contributed by atoms with E-state index in [-0.39, 0.29) is 0 Å². The standard InChI is InChI=1S/C23H24N4O2S/c28-30(29,21-11-9-19(10-12-21)18-5-2-1-3-6-18)27-15-13-26(14-16-27)23-17-20-7-4-8-22(20)24-25-23/h1-3,5-6,9-12,17H,4,7-8,13-16H2. The predicted molar refractivity (Wildman–Crippen MR) is 117 cm³/mol.